The van der Waals surface area contributed by atoms with Gasteiger partial charge in [0.1, 0.15) is 12.4 Å². The first-order valence-electron chi connectivity index (χ1n) is 10.8. The molecule has 11 nitrogen and oxygen atoms in total. The summed E-state index contributed by atoms with van der Waals surface area (Å²) in [6.45, 7) is 2.07. The van der Waals surface area contributed by atoms with Crippen molar-refractivity contribution in [3.63, 3.8) is 0 Å². The highest BCUT2D eigenvalue weighted by molar-refractivity contribution is 6.08. The second kappa shape index (κ2) is 12.7. The van der Waals surface area contributed by atoms with Crippen molar-refractivity contribution in [3.05, 3.63) is 54.1 Å². The smallest absolute Gasteiger partial charge is 0.275 e. The molecule has 1 saturated heterocycles. The van der Waals surface area contributed by atoms with E-state index in [0.717, 1.165) is 17.7 Å². The van der Waals surface area contributed by atoms with Gasteiger partial charge in [0.2, 0.25) is 0 Å². The van der Waals surface area contributed by atoms with Crippen molar-refractivity contribution < 1.29 is 34.2 Å². The van der Waals surface area contributed by atoms with Crippen LogP contribution in [0, 0.1) is 0 Å². The van der Waals surface area contributed by atoms with Gasteiger partial charge in [-0.05, 0) is 35.4 Å². The molecule has 34 heavy (non-hydrogen) atoms. The quantitative estimate of drug-likeness (QED) is 0.152. The molecule has 1 aliphatic heterocycles. The highest BCUT2D eigenvalue weighted by Gasteiger charge is 2.29. The summed E-state index contributed by atoms with van der Waals surface area (Å²) in [5.41, 5.74) is 3.37. The Balaban J connectivity index is 1.61. The number of aliphatic hydroxyl groups is 1. The van der Waals surface area contributed by atoms with Gasteiger partial charge in [0.05, 0.1) is 19.3 Å². The van der Waals surface area contributed by atoms with Gasteiger partial charge in [-0.1, -0.05) is 24.3 Å². The lowest BCUT2D eigenvalue weighted by Crippen LogP contribution is -2.56. The summed E-state index contributed by atoms with van der Waals surface area (Å²) in [4.78, 5) is 37.1. The monoisotopic (exact) mass is 472 g/mol. The molecule has 2 aromatic carbocycles. The Kier molecular flexibility index (Phi) is 9.35. The molecular weight excluding hydrogens is 444 g/mol. The van der Waals surface area contributed by atoms with Crippen LogP contribution in [0.25, 0.3) is 11.1 Å². The summed E-state index contributed by atoms with van der Waals surface area (Å²) in [5, 5.41) is 25.8. The highest BCUT2D eigenvalue weighted by Crippen LogP contribution is 2.23. The van der Waals surface area contributed by atoms with Crippen LogP contribution in [-0.2, 0) is 14.3 Å². The van der Waals surface area contributed by atoms with Gasteiger partial charge in [-0.25, -0.2) is 5.48 Å². The van der Waals surface area contributed by atoms with Crippen LogP contribution in [-0.4, -0.2) is 79.6 Å². The maximum absolute atomic E-state index is 12.7. The fraction of sp³-hybridized carbons (Fsp3) is 0.348. The molecule has 1 fully saturated rings. The largest absolute Gasteiger partial charge is 0.491 e. The molecule has 0 spiro atoms. The molecule has 0 aliphatic carbocycles. The maximum atomic E-state index is 12.7. The molecule has 0 aromatic heterocycles. The first-order valence-corrected chi connectivity index (χ1v) is 10.8. The SMILES string of the molecule is O=C(NC(C(=O)NO)C(=O)NCC1CNCCO1)c1ccc(-c2ccc(OCCO)cc2)cc1. The summed E-state index contributed by atoms with van der Waals surface area (Å²) < 4.78 is 10.8. The fourth-order valence-electron chi connectivity index (χ4n) is 3.32. The molecule has 2 atom stereocenters. The number of carbonyl (C=O) groups excluding carboxylic acids is 3. The number of carbonyl (C=O) groups is 3. The van der Waals surface area contributed by atoms with Crippen molar-refractivity contribution >= 4 is 17.7 Å². The van der Waals surface area contributed by atoms with E-state index in [-0.39, 0.29) is 31.4 Å². The topological polar surface area (TPSA) is 158 Å². The number of benzene rings is 2. The van der Waals surface area contributed by atoms with Gasteiger partial charge in [-0.2, -0.15) is 0 Å². The zero-order chi connectivity index (χ0) is 24.3. The minimum Gasteiger partial charge on any atom is -0.491 e. The molecular formula is C23H28N4O7. The van der Waals surface area contributed by atoms with Gasteiger partial charge in [0.25, 0.3) is 17.7 Å². The zero-order valence-electron chi connectivity index (χ0n) is 18.5. The van der Waals surface area contributed by atoms with Crippen LogP contribution in [0.2, 0.25) is 0 Å². The summed E-state index contributed by atoms with van der Waals surface area (Å²) in [7, 11) is 0. The van der Waals surface area contributed by atoms with Crippen LogP contribution < -0.4 is 26.2 Å². The standard InChI is InChI=1S/C23H28N4O7/c28-10-12-34-18-7-5-16(6-8-18)15-1-3-17(4-2-15)21(29)26-20(23(31)27-32)22(30)25-14-19-13-24-9-11-33-19/h1-8,19-20,24,28,32H,9-14H2,(H,25,30)(H,26,29)(H,27,31). The molecule has 0 bridgehead atoms. The van der Waals surface area contributed by atoms with E-state index in [1.807, 2.05) is 12.1 Å². The van der Waals surface area contributed by atoms with E-state index in [9.17, 15) is 14.4 Å². The maximum Gasteiger partial charge on any atom is 0.275 e. The first-order chi connectivity index (χ1) is 16.5. The van der Waals surface area contributed by atoms with Gasteiger partial charge in [-0.3, -0.25) is 19.6 Å². The molecule has 6 N–H and O–H groups in total. The van der Waals surface area contributed by atoms with E-state index in [4.69, 9.17) is 19.8 Å². The summed E-state index contributed by atoms with van der Waals surface area (Å²) >= 11 is 0. The lowest BCUT2D eigenvalue weighted by molar-refractivity contribution is -0.137. The van der Waals surface area contributed by atoms with Crippen molar-refractivity contribution in [2.75, 3.05) is 39.5 Å². The molecule has 2 unspecified atom stereocenters. The summed E-state index contributed by atoms with van der Waals surface area (Å²) in [6.07, 6.45) is -0.255. The molecule has 1 heterocycles. The Morgan fingerprint density at radius 3 is 2.32 bits per heavy atom. The molecule has 11 heteroatoms. The minimum atomic E-state index is -1.62. The van der Waals surface area contributed by atoms with E-state index in [2.05, 4.69) is 16.0 Å². The van der Waals surface area contributed by atoms with Gasteiger partial charge >= 0.3 is 0 Å². The van der Waals surface area contributed by atoms with Crippen LogP contribution in [0.4, 0.5) is 0 Å². The van der Waals surface area contributed by atoms with Crippen molar-refractivity contribution in [1.82, 2.24) is 21.4 Å². The number of aliphatic hydroxyl groups excluding tert-OH is 1. The van der Waals surface area contributed by atoms with Gasteiger partial charge in [-0.15, -0.1) is 0 Å². The highest BCUT2D eigenvalue weighted by atomic mass is 16.5. The Bertz CT molecular complexity index is 960. The molecule has 3 amide bonds. The average molecular weight is 472 g/mol. The number of hydrogen-bond donors (Lipinski definition) is 6. The number of rotatable bonds is 10. The van der Waals surface area contributed by atoms with Crippen molar-refractivity contribution in [1.29, 1.82) is 0 Å². The molecule has 0 radical (unpaired) electrons. The van der Waals surface area contributed by atoms with E-state index in [1.165, 1.54) is 5.48 Å². The molecule has 0 saturated carbocycles. The van der Waals surface area contributed by atoms with Crippen LogP contribution in [0.3, 0.4) is 0 Å². The van der Waals surface area contributed by atoms with Gasteiger partial charge < -0.3 is 30.5 Å². The lowest BCUT2D eigenvalue weighted by atomic mass is 10.0. The van der Waals surface area contributed by atoms with Crippen molar-refractivity contribution in [2.24, 2.45) is 0 Å². The summed E-state index contributed by atoms with van der Waals surface area (Å²) in [6, 6.07) is 12.2. The first kappa shape index (κ1) is 25.1. The molecule has 2 aromatic rings. The number of morpholine rings is 1. The Hall–Kier alpha value is -3.51. The van der Waals surface area contributed by atoms with Crippen molar-refractivity contribution in [2.45, 2.75) is 12.1 Å². The number of hydroxylamine groups is 1. The van der Waals surface area contributed by atoms with Gasteiger partial charge in [0.15, 0.2) is 6.04 Å². The normalized spacial score (nSPS) is 16.2. The van der Waals surface area contributed by atoms with E-state index < -0.39 is 23.8 Å². The van der Waals surface area contributed by atoms with E-state index in [1.54, 1.807) is 36.4 Å². The van der Waals surface area contributed by atoms with Crippen LogP contribution in [0.1, 0.15) is 10.4 Å². The van der Waals surface area contributed by atoms with Crippen LogP contribution in [0.15, 0.2) is 48.5 Å². The third-order valence-corrected chi connectivity index (χ3v) is 5.11. The zero-order valence-corrected chi connectivity index (χ0v) is 18.5. The number of hydrogen-bond acceptors (Lipinski definition) is 8. The van der Waals surface area contributed by atoms with E-state index in [0.29, 0.717) is 18.9 Å². The summed E-state index contributed by atoms with van der Waals surface area (Å²) in [5.74, 6) is -1.85. The van der Waals surface area contributed by atoms with Crippen LogP contribution >= 0.6 is 0 Å². The fourth-order valence-corrected chi connectivity index (χ4v) is 3.32. The Morgan fingerprint density at radius 1 is 1.06 bits per heavy atom. The molecule has 182 valence electrons. The predicted molar refractivity (Wildman–Crippen MR) is 121 cm³/mol. The Labute approximate surface area is 196 Å². The second-order valence-corrected chi connectivity index (χ2v) is 7.50. The molecule has 3 rings (SSSR count). The minimum absolute atomic E-state index is 0.0693. The van der Waals surface area contributed by atoms with Crippen LogP contribution in [0.5, 0.6) is 5.75 Å². The third-order valence-electron chi connectivity index (χ3n) is 5.11. The predicted octanol–water partition coefficient (Wildman–Crippen LogP) is -0.567. The van der Waals surface area contributed by atoms with E-state index >= 15 is 0 Å². The number of ether oxygens (including phenoxy) is 2. The molecule has 1 aliphatic rings. The lowest BCUT2D eigenvalue weighted by Gasteiger charge is -2.24. The number of amides is 3. The average Bonchev–Trinajstić information content (AvgIpc) is 2.89. The Morgan fingerprint density at radius 2 is 1.74 bits per heavy atom. The number of nitrogens with one attached hydrogen (secondary N) is 4. The third kappa shape index (κ3) is 6.99. The van der Waals surface area contributed by atoms with Crippen molar-refractivity contribution in [3.8, 4) is 16.9 Å². The van der Waals surface area contributed by atoms with Gasteiger partial charge in [0, 0.05) is 25.2 Å². The second-order valence-electron chi connectivity index (χ2n) is 7.50.